The molecule has 6 heterocycles. The molecule has 12 amide bonds. The van der Waals surface area contributed by atoms with Crippen LogP contribution in [0.1, 0.15) is 169 Å². The van der Waals surface area contributed by atoms with Crippen LogP contribution in [-0.4, -0.2) is 100 Å². The number of halogens is 12. The molecule has 6 aliphatic rings. The maximum atomic E-state index is 13.7. The summed E-state index contributed by atoms with van der Waals surface area (Å²) in [7, 11) is 0. The molecule has 0 saturated heterocycles. The number of hydrogen-bond donors (Lipinski definition) is 0. The van der Waals surface area contributed by atoms with Crippen molar-refractivity contribution in [1.29, 1.82) is 0 Å². The predicted octanol–water partition coefficient (Wildman–Crippen LogP) is 19.9. The molecule has 12 aromatic rings. The zero-order chi connectivity index (χ0) is 82.2. The molecule has 116 heavy (non-hydrogen) atoms. The second kappa shape index (κ2) is 30.1. The predicted molar refractivity (Wildman–Crippen MR) is 432 cm³/mol. The molecule has 0 aromatic heterocycles. The van der Waals surface area contributed by atoms with Crippen molar-refractivity contribution in [3.8, 4) is 0 Å². The van der Waals surface area contributed by atoms with Crippen LogP contribution in [-0.2, 0) is 51.6 Å². The number of nitrogens with zero attached hydrogens (tertiary/aromatic N) is 6. The van der Waals surface area contributed by atoms with Gasteiger partial charge in [0.15, 0.2) is 0 Å². The Balaban J connectivity index is 0.000000131. The standard InChI is InChI=1S/C30H14Br2F6N2O4.2C28H16Br2N2O4/c31-19-10-18-22-21-17(25(41)39(27(43)23(19)21)11-13-1-5-15(6-2-13)29(33,34)35)9-20(32)24(22)28(44)40(26(18)42)12-14-3-7-16(8-4-14)30(36,37)38;29-19-12-18-22-21-17(25(33)31(27(35)23(19)21)13-15-7-3-1-4-8-15)11-20(30)24(22)28(36)32(26(18)34)14-16-9-5-2-6-10-16;29-19-11-17-21-18(26(34)31(25(17)33)13-15-7-3-1-4-8-15)12-20(30)23-24(21)22(19)27(35)32(28(23)36)14-16-9-5-2-6-10-16/h1-10H,11-12H2;2*1-12H,13-14H2. The van der Waals surface area contributed by atoms with Crippen LogP contribution >= 0.6 is 95.6 Å². The quantitative estimate of drug-likeness (QED) is 0.0822. The topological polar surface area (TPSA) is 224 Å². The van der Waals surface area contributed by atoms with Crippen LogP contribution in [0.15, 0.2) is 233 Å². The SMILES string of the molecule is O=C1c2cc(Br)c3c4c(c(Br)cc(c24)C(=O)N1Cc1ccccc1)C(=O)N(Cc1ccccc1)C3=O.O=C1c2cc(Br)c3c4c(cc(Br)c(c24)C(=O)N1Cc1ccc(C(F)(F)F)cc1)C(=O)N(Cc1ccc(C(F)(F)F)cc1)C3=O.O=C1c2cc(Br)c3c4c(cc(Br)c(c24)C(=O)N1Cc1ccccc1)C(=O)N(Cc1ccccc1)C3=O. The lowest BCUT2D eigenvalue weighted by Crippen LogP contribution is -2.43. The summed E-state index contributed by atoms with van der Waals surface area (Å²) >= 11 is 20.5. The molecule has 0 N–H and O–H groups in total. The number of carbonyl (C=O) groups is 12. The van der Waals surface area contributed by atoms with Crippen LogP contribution in [0, 0.1) is 0 Å². The molecule has 0 radical (unpaired) electrons. The first kappa shape index (κ1) is 78.6. The highest BCUT2D eigenvalue weighted by Crippen LogP contribution is 2.49. The van der Waals surface area contributed by atoms with Gasteiger partial charge in [-0.1, -0.05) is 146 Å². The zero-order valence-corrected chi connectivity index (χ0v) is 68.5. The van der Waals surface area contributed by atoms with Gasteiger partial charge in [-0.15, -0.1) is 0 Å². The molecule has 12 aromatic carbocycles. The van der Waals surface area contributed by atoms with Crippen molar-refractivity contribution in [1.82, 2.24) is 29.4 Å². The Morgan fingerprint density at radius 2 is 0.371 bits per heavy atom. The lowest BCUT2D eigenvalue weighted by molar-refractivity contribution is -0.138. The van der Waals surface area contributed by atoms with Crippen molar-refractivity contribution in [3.05, 3.63) is 344 Å². The van der Waals surface area contributed by atoms with Gasteiger partial charge >= 0.3 is 12.4 Å². The fourth-order valence-electron chi connectivity index (χ4n) is 15.1. The van der Waals surface area contributed by atoms with E-state index in [1.165, 1.54) is 31.7 Å². The number of amides is 12. The number of hydrogen-bond acceptors (Lipinski definition) is 12. The fourth-order valence-corrected chi connectivity index (χ4v) is 18.7. The average molecular weight is 1950 g/mol. The van der Waals surface area contributed by atoms with E-state index >= 15 is 0 Å². The summed E-state index contributed by atoms with van der Waals surface area (Å²) in [6.45, 7) is -0.261. The minimum Gasteiger partial charge on any atom is -0.270 e. The minimum absolute atomic E-state index is 0.0172. The van der Waals surface area contributed by atoms with E-state index in [-0.39, 0.29) is 137 Å². The van der Waals surface area contributed by atoms with Crippen LogP contribution in [0.2, 0.25) is 0 Å². The van der Waals surface area contributed by atoms with Gasteiger partial charge in [-0.3, -0.25) is 86.9 Å². The zero-order valence-electron chi connectivity index (χ0n) is 59.0. The molecule has 576 valence electrons. The van der Waals surface area contributed by atoms with Crippen molar-refractivity contribution in [2.24, 2.45) is 0 Å². The number of rotatable bonds is 12. The first-order valence-electron chi connectivity index (χ1n) is 34.9. The second-order valence-electron chi connectivity index (χ2n) is 27.4. The summed E-state index contributed by atoms with van der Waals surface area (Å²) in [5.74, 6) is -6.95. The van der Waals surface area contributed by atoms with E-state index in [9.17, 15) is 83.9 Å². The Labute approximate surface area is 702 Å². The summed E-state index contributed by atoms with van der Waals surface area (Å²) in [5, 5.41) is 1.44. The van der Waals surface area contributed by atoms with Gasteiger partial charge in [-0.2, -0.15) is 26.3 Å². The Hall–Kier alpha value is -11.3. The fraction of sp³-hybridized carbons (Fsp3) is 0.0930. The van der Waals surface area contributed by atoms with Crippen molar-refractivity contribution in [3.63, 3.8) is 0 Å². The molecular weight excluding hydrogens is 1900 g/mol. The highest BCUT2D eigenvalue weighted by Gasteiger charge is 2.47. The van der Waals surface area contributed by atoms with E-state index in [4.69, 9.17) is 0 Å². The Morgan fingerprint density at radius 1 is 0.207 bits per heavy atom. The highest BCUT2D eigenvalue weighted by molar-refractivity contribution is 9.11. The molecule has 18 nitrogen and oxygen atoms in total. The molecule has 0 spiro atoms. The molecule has 0 bridgehead atoms. The van der Waals surface area contributed by atoms with Crippen LogP contribution in [0.3, 0.4) is 0 Å². The van der Waals surface area contributed by atoms with E-state index < -0.39 is 94.4 Å². The largest absolute Gasteiger partial charge is 0.416 e. The summed E-state index contributed by atoms with van der Waals surface area (Å²) in [6.07, 6.45) is -9.13. The van der Waals surface area contributed by atoms with Gasteiger partial charge in [0.25, 0.3) is 70.9 Å². The van der Waals surface area contributed by atoms with E-state index in [1.54, 1.807) is 24.3 Å². The molecule has 0 fully saturated rings. The molecule has 6 aliphatic heterocycles. The maximum absolute atomic E-state index is 13.7. The highest BCUT2D eigenvalue weighted by atomic mass is 79.9. The molecule has 18 rings (SSSR count). The summed E-state index contributed by atoms with van der Waals surface area (Å²) in [4.78, 5) is 170. The lowest BCUT2D eigenvalue weighted by Gasteiger charge is -2.33. The van der Waals surface area contributed by atoms with Crippen molar-refractivity contribution in [2.45, 2.75) is 51.6 Å². The minimum atomic E-state index is -4.57. The summed E-state index contributed by atoms with van der Waals surface area (Å²) < 4.78 is 79.9. The van der Waals surface area contributed by atoms with Crippen LogP contribution in [0.4, 0.5) is 26.3 Å². The molecule has 30 heteroatoms. The van der Waals surface area contributed by atoms with Crippen molar-refractivity contribution < 1.29 is 83.9 Å². The third-order valence-corrected chi connectivity index (χ3v) is 24.3. The molecule has 0 aliphatic carbocycles. The summed E-state index contributed by atoms with van der Waals surface area (Å²) in [6, 6.07) is 54.0. The van der Waals surface area contributed by atoms with Gasteiger partial charge in [0.1, 0.15) is 0 Å². The van der Waals surface area contributed by atoms with Gasteiger partial charge < -0.3 is 0 Å². The van der Waals surface area contributed by atoms with Gasteiger partial charge in [0.2, 0.25) is 0 Å². The normalized spacial score (nSPS) is 14.9. The maximum Gasteiger partial charge on any atom is 0.416 e. The average Bonchev–Trinajstić information content (AvgIpc) is 0.711. The first-order chi connectivity index (χ1) is 55.3. The second-order valence-corrected chi connectivity index (χ2v) is 32.6. The van der Waals surface area contributed by atoms with E-state index in [0.717, 1.165) is 80.6 Å². The van der Waals surface area contributed by atoms with Crippen LogP contribution < -0.4 is 0 Å². The number of benzene rings is 12. The van der Waals surface area contributed by atoms with Crippen LogP contribution in [0.25, 0.3) is 32.3 Å². The number of carbonyl (C=O) groups excluding carboxylic acids is 12. The summed E-state index contributed by atoms with van der Waals surface area (Å²) in [5.41, 5.74) is 4.05. The molecule has 0 atom stereocenters. The number of imide groups is 6. The molecular formula is C86H46Br6F6N6O12. The number of alkyl halides is 6. The molecule has 0 saturated carbocycles. The monoisotopic (exact) mass is 1940 g/mol. The first-order valence-corrected chi connectivity index (χ1v) is 39.7. The van der Waals surface area contributed by atoms with E-state index in [1.807, 2.05) is 121 Å². The third kappa shape index (κ3) is 13.5. The van der Waals surface area contributed by atoms with Gasteiger partial charge in [0.05, 0.1) is 83.8 Å². The lowest BCUT2D eigenvalue weighted by atomic mass is 9.85. The van der Waals surface area contributed by atoms with E-state index in [0.29, 0.717) is 39.4 Å². The van der Waals surface area contributed by atoms with E-state index in [2.05, 4.69) is 95.6 Å². The van der Waals surface area contributed by atoms with Gasteiger partial charge in [-0.25, -0.2) is 0 Å². The smallest absolute Gasteiger partial charge is 0.270 e. The van der Waals surface area contributed by atoms with Crippen LogP contribution in [0.5, 0.6) is 0 Å². The Morgan fingerprint density at radius 3 is 0.569 bits per heavy atom. The Kier molecular flexibility index (Phi) is 20.4. The Bertz CT molecular complexity index is 6100. The molecule has 0 unspecified atom stereocenters. The van der Waals surface area contributed by atoms with Crippen molar-refractivity contribution in [2.75, 3.05) is 0 Å². The van der Waals surface area contributed by atoms with Crippen molar-refractivity contribution >= 4 is 199 Å². The van der Waals surface area contributed by atoms with Gasteiger partial charge in [-0.05, 0) is 190 Å². The van der Waals surface area contributed by atoms with Gasteiger partial charge in [0, 0.05) is 92.5 Å². The third-order valence-electron chi connectivity index (χ3n) is 20.5.